The second-order valence-electron chi connectivity index (χ2n) is 3.28. The minimum Gasteiger partial charge on any atom is -0.371 e. The second-order valence-corrected chi connectivity index (χ2v) is 5.54. The molecule has 0 saturated heterocycles. The monoisotopic (exact) mass is 208 g/mol. The highest BCUT2D eigenvalue weighted by molar-refractivity contribution is 7.90. The zero-order valence-electron chi connectivity index (χ0n) is 8.24. The number of carbonyl (C=O) groups excluding carboxylic acids is 1. The molecule has 0 amide bonds. The molecule has 0 bridgehead atoms. The van der Waals surface area contributed by atoms with Crippen molar-refractivity contribution in [3.05, 3.63) is 0 Å². The molecule has 0 aliphatic rings. The summed E-state index contributed by atoms with van der Waals surface area (Å²) < 4.78 is 26.4. The lowest BCUT2D eigenvalue weighted by Gasteiger charge is -2.05. The highest BCUT2D eigenvalue weighted by Crippen LogP contribution is 1.94. The van der Waals surface area contributed by atoms with Crippen LogP contribution in [0.5, 0.6) is 0 Å². The SMILES string of the molecule is CC(C)OCC(=O)CCS(C)(=O)=O. The van der Waals surface area contributed by atoms with Crippen LogP contribution in [0.25, 0.3) is 0 Å². The van der Waals surface area contributed by atoms with Gasteiger partial charge in [-0.15, -0.1) is 0 Å². The van der Waals surface area contributed by atoms with Crippen molar-refractivity contribution in [1.29, 1.82) is 0 Å². The second kappa shape index (κ2) is 5.34. The highest BCUT2D eigenvalue weighted by Gasteiger charge is 2.08. The Labute approximate surface area is 79.2 Å². The fourth-order valence-electron chi connectivity index (χ4n) is 0.631. The maximum Gasteiger partial charge on any atom is 0.159 e. The van der Waals surface area contributed by atoms with Crippen molar-refractivity contribution in [2.24, 2.45) is 0 Å². The summed E-state index contributed by atoms with van der Waals surface area (Å²) in [7, 11) is -3.03. The molecule has 0 radical (unpaired) electrons. The van der Waals surface area contributed by atoms with Gasteiger partial charge in [0, 0.05) is 12.7 Å². The van der Waals surface area contributed by atoms with Crippen LogP contribution in [0.15, 0.2) is 0 Å². The number of ether oxygens (including phenoxy) is 1. The van der Waals surface area contributed by atoms with Crippen molar-refractivity contribution in [2.75, 3.05) is 18.6 Å². The van der Waals surface area contributed by atoms with Crippen LogP contribution in [0, 0.1) is 0 Å². The highest BCUT2D eigenvalue weighted by atomic mass is 32.2. The van der Waals surface area contributed by atoms with Crippen LogP contribution in [0.3, 0.4) is 0 Å². The first kappa shape index (κ1) is 12.6. The Bertz CT molecular complexity index is 253. The number of sulfone groups is 1. The van der Waals surface area contributed by atoms with Gasteiger partial charge < -0.3 is 4.74 Å². The van der Waals surface area contributed by atoms with Crippen LogP contribution in [-0.2, 0) is 19.4 Å². The Balaban J connectivity index is 3.65. The first-order valence-electron chi connectivity index (χ1n) is 4.12. The minimum absolute atomic E-state index is 0.00202. The van der Waals surface area contributed by atoms with E-state index in [4.69, 9.17) is 4.74 Å². The smallest absolute Gasteiger partial charge is 0.159 e. The number of hydrogen-bond acceptors (Lipinski definition) is 4. The standard InChI is InChI=1S/C8H16O4S/c1-7(2)12-6-8(9)4-5-13(3,10)11/h7H,4-6H2,1-3H3. The number of ketones is 1. The molecule has 0 rings (SSSR count). The van der Waals surface area contributed by atoms with Crippen molar-refractivity contribution in [2.45, 2.75) is 26.4 Å². The molecular formula is C8H16O4S. The van der Waals surface area contributed by atoms with E-state index in [1.807, 2.05) is 13.8 Å². The fourth-order valence-corrected chi connectivity index (χ4v) is 1.23. The van der Waals surface area contributed by atoms with E-state index in [9.17, 15) is 13.2 Å². The van der Waals surface area contributed by atoms with E-state index in [0.29, 0.717) is 0 Å². The molecule has 0 saturated carbocycles. The van der Waals surface area contributed by atoms with Gasteiger partial charge in [-0.25, -0.2) is 8.42 Å². The maximum absolute atomic E-state index is 11.0. The summed E-state index contributed by atoms with van der Waals surface area (Å²) in [6.07, 6.45) is 1.16. The Morgan fingerprint density at radius 2 is 1.92 bits per heavy atom. The molecule has 0 aromatic heterocycles. The first-order chi connectivity index (χ1) is 5.81. The van der Waals surface area contributed by atoms with Crippen molar-refractivity contribution < 1.29 is 17.9 Å². The Kier molecular flexibility index (Phi) is 5.17. The lowest BCUT2D eigenvalue weighted by Crippen LogP contribution is -2.16. The van der Waals surface area contributed by atoms with Crippen LogP contribution >= 0.6 is 0 Å². The quantitative estimate of drug-likeness (QED) is 0.634. The van der Waals surface area contributed by atoms with E-state index < -0.39 is 9.84 Å². The minimum atomic E-state index is -3.03. The van der Waals surface area contributed by atoms with Gasteiger partial charge in [-0.2, -0.15) is 0 Å². The van der Waals surface area contributed by atoms with Crippen molar-refractivity contribution in [3.8, 4) is 0 Å². The lowest BCUT2D eigenvalue weighted by atomic mass is 10.3. The zero-order chi connectivity index (χ0) is 10.5. The molecule has 0 heterocycles. The van der Waals surface area contributed by atoms with Gasteiger partial charge in [0.05, 0.1) is 11.9 Å². The molecule has 5 heteroatoms. The largest absolute Gasteiger partial charge is 0.371 e. The molecular weight excluding hydrogens is 192 g/mol. The zero-order valence-corrected chi connectivity index (χ0v) is 9.06. The molecule has 0 N–H and O–H groups in total. The van der Waals surface area contributed by atoms with Gasteiger partial charge >= 0.3 is 0 Å². The molecule has 0 unspecified atom stereocenters. The van der Waals surface area contributed by atoms with E-state index in [1.54, 1.807) is 0 Å². The summed E-state index contributed by atoms with van der Waals surface area (Å²) in [6.45, 7) is 3.65. The number of hydrogen-bond donors (Lipinski definition) is 0. The Hall–Kier alpha value is -0.420. The van der Waals surface area contributed by atoms with Gasteiger partial charge in [-0.3, -0.25) is 4.79 Å². The van der Waals surface area contributed by atoms with Crippen molar-refractivity contribution in [1.82, 2.24) is 0 Å². The van der Waals surface area contributed by atoms with Crippen LogP contribution in [0.4, 0.5) is 0 Å². The van der Waals surface area contributed by atoms with E-state index in [-0.39, 0.29) is 30.7 Å². The topological polar surface area (TPSA) is 60.4 Å². The summed E-state index contributed by atoms with van der Waals surface area (Å²) in [6, 6.07) is 0. The third-order valence-corrected chi connectivity index (χ3v) is 2.28. The van der Waals surface area contributed by atoms with E-state index in [2.05, 4.69) is 0 Å². The van der Waals surface area contributed by atoms with Gasteiger partial charge in [-0.1, -0.05) is 0 Å². The Morgan fingerprint density at radius 1 is 1.38 bits per heavy atom. The molecule has 0 atom stereocenters. The molecule has 0 spiro atoms. The maximum atomic E-state index is 11.0. The number of Topliss-reactive ketones (excluding diaryl/α,β-unsaturated/α-hetero) is 1. The molecule has 0 aromatic rings. The molecule has 78 valence electrons. The summed E-state index contributed by atoms with van der Waals surface area (Å²) in [5.41, 5.74) is 0. The summed E-state index contributed by atoms with van der Waals surface area (Å²) in [4.78, 5) is 11.0. The molecule has 0 aromatic carbocycles. The van der Waals surface area contributed by atoms with E-state index in [1.165, 1.54) is 0 Å². The average Bonchev–Trinajstić information content (AvgIpc) is 1.95. The summed E-state index contributed by atoms with van der Waals surface area (Å²) in [5.74, 6) is -0.257. The number of carbonyl (C=O) groups is 1. The fraction of sp³-hybridized carbons (Fsp3) is 0.875. The summed E-state index contributed by atoms with van der Waals surface area (Å²) >= 11 is 0. The third kappa shape index (κ3) is 9.49. The normalized spacial score (nSPS) is 12.0. The van der Waals surface area contributed by atoms with E-state index in [0.717, 1.165) is 6.26 Å². The molecule has 4 nitrogen and oxygen atoms in total. The molecule has 0 aliphatic heterocycles. The van der Waals surface area contributed by atoms with Crippen LogP contribution in [0.2, 0.25) is 0 Å². The van der Waals surface area contributed by atoms with Crippen LogP contribution < -0.4 is 0 Å². The van der Waals surface area contributed by atoms with Crippen LogP contribution in [-0.4, -0.2) is 38.9 Å². The third-order valence-electron chi connectivity index (χ3n) is 1.33. The van der Waals surface area contributed by atoms with Gasteiger partial charge in [-0.05, 0) is 13.8 Å². The molecule has 13 heavy (non-hydrogen) atoms. The molecule has 0 fully saturated rings. The van der Waals surface area contributed by atoms with Gasteiger partial charge in [0.15, 0.2) is 5.78 Å². The van der Waals surface area contributed by atoms with Crippen molar-refractivity contribution >= 4 is 15.6 Å². The first-order valence-corrected chi connectivity index (χ1v) is 6.18. The van der Waals surface area contributed by atoms with Crippen molar-refractivity contribution in [3.63, 3.8) is 0 Å². The lowest BCUT2D eigenvalue weighted by molar-refractivity contribution is -0.124. The molecule has 0 aliphatic carbocycles. The van der Waals surface area contributed by atoms with Crippen LogP contribution in [0.1, 0.15) is 20.3 Å². The van der Waals surface area contributed by atoms with E-state index >= 15 is 0 Å². The average molecular weight is 208 g/mol. The Morgan fingerprint density at radius 3 is 2.31 bits per heavy atom. The van der Waals surface area contributed by atoms with Gasteiger partial charge in [0.25, 0.3) is 0 Å². The summed E-state index contributed by atoms with van der Waals surface area (Å²) in [5, 5.41) is 0. The number of rotatable bonds is 6. The van der Waals surface area contributed by atoms with Gasteiger partial charge in [0.2, 0.25) is 0 Å². The predicted molar refractivity (Wildman–Crippen MR) is 50.4 cm³/mol. The van der Waals surface area contributed by atoms with Gasteiger partial charge in [0.1, 0.15) is 16.4 Å². The predicted octanol–water partition coefficient (Wildman–Crippen LogP) is 0.415.